The lowest BCUT2D eigenvalue weighted by atomic mass is 10.0. The van der Waals surface area contributed by atoms with Crippen molar-refractivity contribution >= 4 is 11.6 Å². The number of aliphatic hydroxyl groups excluding tert-OH is 1. The van der Waals surface area contributed by atoms with E-state index in [9.17, 15) is 9.90 Å². The lowest BCUT2D eigenvalue weighted by molar-refractivity contribution is 0.0996. The van der Waals surface area contributed by atoms with E-state index in [4.69, 9.17) is 13.9 Å². The maximum absolute atomic E-state index is 12.1. The molecule has 1 amide bonds. The van der Waals surface area contributed by atoms with Crippen LogP contribution >= 0.6 is 0 Å². The highest BCUT2D eigenvalue weighted by atomic mass is 16.6. The first kappa shape index (κ1) is 14.5. The smallest absolute Gasteiger partial charge is 0.291 e. The van der Waals surface area contributed by atoms with Gasteiger partial charge in [0, 0.05) is 11.6 Å². The Morgan fingerprint density at radius 2 is 2.05 bits per heavy atom. The van der Waals surface area contributed by atoms with Crippen molar-refractivity contribution in [2.75, 3.05) is 18.5 Å². The second-order valence-corrected chi connectivity index (χ2v) is 4.94. The van der Waals surface area contributed by atoms with Crippen molar-refractivity contribution in [2.45, 2.75) is 19.4 Å². The summed E-state index contributed by atoms with van der Waals surface area (Å²) in [5.74, 6) is 0.941. The van der Waals surface area contributed by atoms with Crippen molar-refractivity contribution in [3.63, 3.8) is 0 Å². The highest BCUT2D eigenvalue weighted by Crippen LogP contribution is 2.38. The van der Waals surface area contributed by atoms with E-state index in [1.165, 1.54) is 6.26 Å². The number of nitrogens with one attached hydrogen (secondary N) is 1. The number of fused-ring (bicyclic) bond motifs is 1. The monoisotopic (exact) mass is 303 g/mol. The average Bonchev–Trinajstić information content (AvgIpc) is 3.08. The number of carbonyl (C=O) groups is 1. The molecule has 116 valence electrons. The third kappa shape index (κ3) is 2.78. The van der Waals surface area contributed by atoms with Crippen LogP contribution in [0.4, 0.5) is 5.69 Å². The molecule has 0 spiro atoms. The van der Waals surface area contributed by atoms with E-state index in [0.29, 0.717) is 42.4 Å². The molecule has 1 aliphatic rings. The van der Waals surface area contributed by atoms with Gasteiger partial charge in [-0.3, -0.25) is 4.79 Å². The Balaban J connectivity index is 1.95. The molecule has 0 bridgehead atoms. The van der Waals surface area contributed by atoms with Gasteiger partial charge in [0.25, 0.3) is 5.91 Å². The third-order valence-corrected chi connectivity index (χ3v) is 3.45. The molecule has 0 unspecified atom stereocenters. The lowest BCUT2D eigenvalue weighted by Gasteiger charge is -2.22. The summed E-state index contributed by atoms with van der Waals surface area (Å²) in [7, 11) is 0. The molecule has 2 heterocycles. The summed E-state index contributed by atoms with van der Waals surface area (Å²) in [5, 5.41) is 12.9. The number of benzene rings is 1. The lowest BCUT2D eigenvalue weighted by Crippen LogP contribution is -2.18. The predicted octanol–water partition coefficient (Wildman–Crippen LogP) is 2.75. The van der Waals surface area contributed by atoms with Gasteiger partial charge < -0.3 is 24.3 Å². The van der Waals surface area contributed by atoms with Crippen molar-refractivity contribution in [1.29, 1.82) is 0 Å². The number of amides is 1. The summed E-state index contributed by atoms with van der Waals surface area (Å²) in [4.78, 5) is 12.1. The number of carbonyl (C=O) groups excluding carboxylic acids is 1. The maximum Gasteiger partial charge on any atom is 0.291 e. The minimum Gasteiger partial charge on any atom is -0.486 e. The molecular formula is C16H17NO5. The van der Waals surface area contributed by atoms with Gasteiger partial charge in [0.1, 0.15) is 13.2 Å². The molecule has 0 fully saturated rings. The Morgan fingerprint density at radius 3 is 2.68 bits per heavy atom. The molecule has 0 saturated carbocycles. The van der Waals surface area contributed by atoms with Crippen LogP contribution in [0.15, 0.2) is 34.9 Å². The summed E-state index contributed by atoms with van der Waals surface area (Å²) in [6.07, 6.45) is 1.24. The molecule has 0 radical (unpaired) electrons. The van der Waals surface area contributed by atoms with Gasteiger partial charge in [0.05, 0.1) is 18.1 Å². The van der Waals surface area contributed by atoms with Crippen LogP contribution in [-0.4, -0.2) is 24.2 Å². The molecule has 2 N–H and O–H groups in total. The molecule has 6 heteroatoms. The van der Waals surface area contributed by atoms with Gasteiger partial charge in [-0.25, -0.2) is 0 Å². The normalized spacial score (nSPS) is 14.5. The molecule has 3 rings (SSSR count). The van der Waals surface area contributed by atoms with E-state index in [2.05, 4.69) is 5.32 Å². The Bertz CT molecular complexity index is 665. The number of anilines is 1. The van der Waals surface area contributed by atoms with Gasteiger partial charge in [0.15, 0.2) is 17.3 Å². The fraction of sp³-hybridized carbons (Fsp3) is 0.312. The number of hydrogen-bond donors (Lipinski definition) is 2. The molecule has 1 aromatic carbocycles. The Labute approximate surface area is 127 Å². The first-order chi connectivity index (χ1) is 10.7. The van der Waals surface area contributed by atoms with Crippen LogP contribution in [0.3, 0.4) is 0 Å². The molecule has 0 aliphatic carbocycles. The summed E-state index contributed by atoms with van der Waals surface area (Å²) < 4.78 is 16.1. The van der Waals surface area contributed by atoms with Crippen LogP contribution < -0.4 is 14.8 Å². The molecule has 6 nitrogen and oxygen atoms in total. The van der Waals surface area contributed by atoms with Crippen molar-refractivity contribution in [2.24, 2.45) is 0 Å². The maximum atomic E-state index is 12.1. The molecule has 22 heavy (non-hydrogen) atoms. The quantitative estimate of drug-likeness (QED) is 0.907. The van der Waals surface area contributed by atoms with Crippen LogP contribution in [0.2, 0.25) is 0 Å². The van der Waals surface area contributed by atoms with Crippen LogP contribution in [0.1, 0.15) is 35.6 Å². The second kappa shape index (κ2) is 6.11. The fourth-order valence-corrected chi connectivity index (χ4v) is 2.30. The number of aliphatic hydroxyl groups is 1. The van der Waals surface area contributed by atoms with E-state index in [-0.39, 0.29) is 11.7 Å². The zero-order valence-corrected chi connectivity index (χ0v) is 12.2. The number of furan rings is 1. The van der Waals surface area contributed by atoms with E-state index in [0.717, 1.165) is 0 Å². The number of ether oxygens (including phenoxy) is 2. The van der Waals surface area contributed by atoms with Crippen molar-refractivity contribution in [1.82, 2.24) is 0 Å². The van der Waals surface area contributed by atoms with E-state index < -0.39 is 6.10 Å². The highest BCUT2D eigenvalue weighted by molar-refractivity contribution is 6.02. The molecule has 0 saturated heterocycles. The van der Waals surface area contributed by atoms with Gasteiger partial charge >= 0.3 is 0 Å². The summed E-state index contributed by atoms with van der Waals surface area (Å²) in [6.45, 7) is 2.78. The zero-order chi connectivity index (χ0) is 15.5. The van der Waals surface area contributed by atoms with Gasteiger partial charge in [0.2, 0.25) is 0 Å². The van der Waals surface area contributed by atoms with Crippen LogP contribution in [0.5, 0.6) is 11.5 Å². The van der Waals surface area contributed by atoms with E-state index >= 15 is 0 Å². The van der Waals surface area contributed by atoms with Crippen LogP contribution in [0, 0.1) is 0 Å². The van der Waals surface area contributed by atoms with E-state index in [1.807, 2.05) is 6.92 Å². The predicted molar refractivity (Wildman–Crippen MR) is 79.3 cm³/mol. The summed E-state index contributed by atoms with van der Waals surface area (Å²) >= 11 is 0. The largest absolute Gasteiger partial charge is 0.486 e. The first-order valence-corrected chi connectivity index (χ1v) is 7.15. The first-order valence-electron chi connectivity index (χ1n) is 7.15. The molecule has 1 atom stereocenters. The van der Waals surface area contributed by atoms with Crippen molar-refractivity contribution in [3.8, 4) is 11.5 Å². The summed E-state index contributed by atoms with van der Waals surface area (Å²) in [6, 6.07) is 6.59. The number of hydrogen-bond acceptors (Lipinski definition) is 5. The highest BCUT2D eigenvalue weighted by Gasteiger charge is 2.21. The van der Waals surface area contributed by atoms with Gasteiger partial charge in [-0.1, -0.05) is 6.92 Å². The molecule has 2 aromatic rings. The summed E-state index contributed by atoms with van der Waals surface area (Å²) in [5.41, 5.74) is 1.08. The Morgan fingerprint density at radius 1 is 1.32 bits per heavy atom. The SMILES string of the molecule is CC[C@H](O)c1cc2c(cc1NC(=O)c1ccco1)OCCO2. The fourth-order valence-electron chi connectivity index (χ4n) is 2.30. The van der Waals surface area contributed by atoms with Gasteiger partial charge in [-0.2, -0.15) is 0 Å². The second-order valence-electron chi connectivity index (χ2n) is 4.94. The minimum atomic E-state index is -0.706. The number of rotatable bonds is 4. The van der Waals surface area contributed by atoms with Crippen LogP contribution in [0.25, 0.3) is 0 Å². The van der Waals surface area contributed by atoms with Crippen LogP contribution in [-0.2, 0) is 0 Å². The molecular weight excluding hydrogens is 286 g/mol. The molecule has 1 aromatic heterocycles. The third-order valence-electron chi connectivity index (χ3n) is 3.45. The Kier molecular flexibility index (Phi) is 4.02. The van der Waals surface area contributed by atoms with Gasteiger partial charge in [-0.15, -0.1) is 0 Å². The standard InChI is InChI=1S/C16H17NO5/c1-2-12(18)10-8-14-15(22-7-6-21-14)9-11(10)17-16(19)13-4-3-5-20-13/h3-5,8-9,12,18H,2,6-7H2,1H3,(H,17,19)/t12-/m0/s1. The minimum absolute atomic E-state index is 0.201. The van der Waals surface area contributed by atoms with E-state index in [1.54, 1.807) is 24.3 Å². The van der Waals surface area contributed by atoms with Crippen molar-refractivity contribution < 1.29 is 23.8 Å². The zero-order valence-electron chi connectivity index (χ0n) is 12.2. The average molecular weight is 303 g/mol. The van der Waals surface area contributed by atoms with Crippen molar-refractivity contribution in [3.05, 3.63) is 41.9 Å². The van der Waals surface area contributed by atoms with Gasteiger partial charge in [-0.05, 0) is 24.6 Å². The topological polar surface area (TPSA) is 80.9 Å². The molecule has 1 aliphatic heterocycles. The Hall–Kier alpha value is -2.47.